The molecule has 1 amide bonds. The second-order valence-corrected chi connectivity index (χ2v) is 15.0. The monoisotopic (exact) mass is 690 g/mol. The Bertz CT molecular complexity index is 1490. The summed E-state index contributed by atoms with van der Waals surface area (Å²) in [5.41, 5.74) is 1.47. The molecule has 0 saturated carbocycles. The summed E-state index contributed by atoms with van der Waals surface area (Å²) in [7, 11) is 0. The lowest BCUT2D eigenvalue weighted by Crippen LogP contribution is -2.48. The van der Waals surface area contributed by atoms with Gasteiger partial charge in [0.1, 0.15) is 42.2 Å². The molecular weight excluding hydrogens is 650 g/mol. The van der Waals surface area contributed by atoms with Crippen LogP contribution in [0, 0.1) is 13.8 Å². The molecule has 1 aliphatic rings. The lowest BCUT2D eigenvalue weighted by molar-refractivity contribution is -0.138. The van der Waals surface area contributed by atoms with Crippen molar-refractivity contribution in [3.63, 3.8) is 0 Å². The van der Waals surface area contributed by atoms with Crippen molar-refractivity contribution in [3.8, 4) is 0 Å². The molecule has 0 aliphatic carbocycles. The highest BCUT2D eigenvalue weighted by atomic mass is 35.5. The van der Waals surface area contributed by atoms with Gasteiger partial charge < -0.3 is 20.3 Å². The molecule has 3 heterocycles. The third kappa shape index (κ3) is 10.4. The second-order valence-electron chi connectivity index (χ2n) is 11.4. The summed E-state index contributed by atoms with van der Waals surface area (Å²) in [6.45, 7) is 18.3. The van der Waals surface area contributed by atoms with E-state index in [-0.39, 0.29) is 23.9 Å². The van der Waals surface area contributed by atoms with E-state index in [1.807, 2.05) is 32.0 Å². The van der Waals surface area contributed by atoms with Gasteiger partial charge >= 0.3 is 17.4 Å². The maximum Gasteiger partial charge on any atom is 0.330 e. The van der Waals surface area contributed by atoms with Gasteiger partial charge in [-0.25, -0.2) is 19.7 Å². The van der Waals surface area contributed by atoms with Crippen molar-refractivity contribution in [2.75, 3.05) is 68.1 Å². The zero-order chi connectivity index (χ0) is 33.3. The number of rotatable bonds is 14. The Balaban J connectivity index is 1.26. The maximum absolute atomic E-state index is 12.9. The Hall–Kier alpha value is -3.27. The van der Waals surface area contributed by atoms with Crippen molar-refractivity contribution >= 4 is 68.7 Å². The number of nitrogens with one attached hydrogen (secondary N) is 2. The minimum absolute atomic E-state index is 0.155. The molecule has 0 radical (unpaired) electrons. The molecule has 1 aromatic carbocycles. The van der Waals surface area contributed by atoms with Gasteiger partial charge in [0.15, 0.2) is 9.88 Å². The number of hydrogen-bond acceptors (Lipinski definition) is 12. The van der Waals surface area contributed by atoms with Crippen molar-refractivity contribution < 1.29 is 22.7 Å². The van der Waals surface area contributed by atoms with E-state index in [1.54, 1.807) is 6.07 Å². The number of ether oxygens (including phenoxy) is 1. The number of benzene rings is 1. The fourth-order valence-electron chi connectivity index (χ4n) is 4.43. The summed E-state index contributed by atoms with van der Waals surface area (Å²) in [6.07, 6.45) is 2.66. The molecular formula is C31H41ClN7O5S2+. The van der Waals surface area contributed by atoms with E-state index in [0.29, 0.717) is 39.0 Å². The van der Waals surface area contributed by atoms with Gasteiger partial charge in [-0.1, -0.05) is 41.6 Å². The van der Waals surface area contributed by atoms with Gasteiger partial charge in [0.05, 0.1) is 16.9 Å². The van der Waals surface area contributed by atoms with E-state index >= 15 is 0 Å². The van der Waals surface area contributed by atoms with Crippen LogP contribution in [0.15, 0.2) is 43.1 Å². The number of piperazine rings is 1. The number of thiazole rings is 1. The van der Waals surface area contributed by atoms with Crippen LogP contribution < -0.4 is 15.5 Å². The molecule has 2 aromatic heterocycles. The third-order valence-corrected chi connectivity index (χ3v) is 9.72. The first kappa shape index (κ1) is 35.6. The van der Waals surface area contributed by atoms with Crippen LogP contribution in [0.1, 0.15) is 41.8 Å². The van der Waals surface area contributed by atoms with Crippen LogP contribution in [-0.4, -0.2) is 89.0 Å². The summed E-state index contributed by atoms with van der Waals surface area (Å²) < 4.78 is 16.8. The van der Waals surface area contributed by atoms with E-state index in [2.05, 4.69) is 62.7 Å². The fourth-order valence-corrected chi connectivity index (χ4v) is 6.64. The number of carbonyl (C=O) groups is 2. The van der Waals surface area contributed by atoms with Crippen molar-refractivity contribution in [3.05, 3.63) is 64.4 Å². The van der Waals surface area contributed by atoms with Gasteiger partial charge in [-0.2, -0.15) is 0 Å². The highest BCUT2D eigenvalue weighted by molar-refractivity contribution is 7.89. The van der Waals surface area contributed by atoms with Crippen LogP contribution in [0.5, 0.6) is 0 Å². The molecule has 4 rings (SSSR count). The zero-order valence-corrected chi connectivity index (χ0v) is 29.2. The Morgan fingerprint density at radius 3 is 2.54 bits per heavy atom. The molecule has 2 N–H and O–H groups in total. The molecule has 15 heteroatoms. The van der Waals surface area contributed by atoms with E-state index in [9.17, 15) is 9.59 Å². The lowest BCUT2D eigenvalue weighted by Gasteiger charge is -2.35. The van der Waals surface area contributed by atoms with Crippen LogP contribution >= 0.6 is 22.9 Å². The number of hydrogen-bond donors (Lipinski definition) is 2. The van der Waals surface area contributed by atoms with E-state index in [4.69, 9.17) is 24.7 Å². The Kier molecular flexibility index (Phi) is 12.8. The molecule has 12 nitrogen and oxygen atoms in total. The number of anilines is 4. The van der Waals surface area contributed by atoms with Gasteiger partial charge in [0, 0.05) is 44.9 Å². The smallest absolute Gasteiger partial charge is 0.330 e. The van der Waals surface area contributed by atoms with Gasteiger partial charge in [-0.05, 0) is 46.2 Å². The predicted octanol–water partition coefficient (Wildman–Crippen LogP) is 5.33. The zero-order valence-electron chi connectivity index (χ0n) is 26.8. The third-order valence-electron chi connectivity index (χ3n) is 6.73. The lowest BCUT2D eigenvalue weighted by atomic mass is 10.2. The SMILES string of the molecule is C=CC(=O)OCCO[S+](OCCN1CCN(c2cc(Nc3ncc(C(=O)Nc4c(C)cccc4Cl)s3)nc(C)n2)CC1)C(C)(C)C. The predicted molar refractivity (Wildman–Crippen MR) is 185 cm³/mol. The summed E-state index contributed by atoms with van der Waals surface area (Å²) in [4.78, 5) is 42.7. The highest BCUT2D eigenvalue weighted by Gasteiger charge is 2.40. The van der Waals surface area contributed by atoms with Crippen LogP contribution in [0.25, 0.3) is 0 Å². The van der Waals surface area contributed by atoms with Crippen LogP contribution in [0.2, 0.25) is 5.02 Å². The van der Waals surface area contributed by atoms with E-state index < -0.39 is 17.4 Å². The number of carbonyl (C=O) groups excluding carboxylic acids is 2. The number of esters is 1. The molecule has 248 valence electrons. The Morgan fingerprint density at radius 1 is 1.11 bits per heavy atom. The quantitative estimate of drug-likeness (QED) is 0.0985. The van der Waals surface area contributed by atoms with E-state index in [0.717, 1.165) is 50.2 Å². The van der Waals surface area contributed by atoms with Crippen molar-refractivity contribution in [1.29, 1.82) is 0 Å². The number of nitrogens with zero attached hydrogens (tertiary/aromatic N) is 5. The van der Waals surface area contributed by atoms with E-state index in [1.165, 1.54) is 17.5 Å². The second kappa shape index (κ2) is 16.5. The molecule has 0 bridgehead atoms. The molecule has 1 atom stereocenters. The molecule has 1 fully saturated rings. The Labute approximate surface area is 282 Å². The van der Waals surface area contributed by atoms with Gasteiger partial charge in [0.2, 0.25) is 0 Å². The summed E-state index contributed by atoms with van der Waals surface area (Å²) in [6, 6.07) is 7.37. The number of aryl methyl sites for hydroxylation is 2. The minimum atomic E-state index is -0.744. The first-order chi connectivity index (χ1) is 21.9. The molecule has 0 spiro atoms. The van der Waals surface area contributed by atoms with Crippen LogP contribution in [0.3, 0.4) is 0 Å². The number of para-hydroxylation sites is 1. The van der Waals surface area contributed by atoms with Gasteiger partial charge in [-0.3, -0.25) is 9.69 Å². The first-order valence-corrected chi connectivity index (χ1v) is 17.1. The normalized spacial score (nSPS) is 14.5. The maximum atomic E-state index is 12.9. The summed E-state index contributed by atoms with van der Waals surface area (Å²) in [5, 5.41) is 7.14. The molecule has 1 saturated heterocycles. The fraction of sp³-hybridized carbons (Fsp3) is 0.452. The average molecular weight is 691 g/mol. The molecule has 1 unspecified atom stereocenters. The summed E-state index contributed by atoms with van der Waals surface area (Å²) in [5.74, 6) is 1.32. The van der Waals surface area contributed by atoms with Crippen molar-refractivity contribution in [2.45, 2.75) is 39.4 Å². The Morgan fingerprint density at radius 2 is 1.85 bits per heavy atom. The largest absolute Gasteiger partial charge is 0.460 e. The standard InChI is InChI=1S/C31H40ClN7O5S2/c1-7-27(40)42-17-18-44-46(31(4,5)6)43-16-15-38-11-13-39(14-12-38)26-19-25(34-22(3)35-26)36-30-33-20-24(45-30)29(41)37-28-21(2)9-8-10-23(28)32/h7-10,19-20H,1,11-18H2,2-6H3,(H-,33,34,35,36,37,41)/p+1. The first-order valence-electron chi connectivity index (χ1n) is 14.9. The number of amides is 1. The van der Waals surface area contributed by atoms with Gasteiger partial charge in [-0.15, -0.1) is 8.37 Å². The van der Waals surface area contributed by atoms with Crippen LogP contribution in [0.4, 0.5) is 22.5 Å². The molecule has 46 heavy (non-hydrogen) atoms. The molecule has 3 aromatic rings. The van der Waals surface area contributed by atoms with Crippen molar-refractivity contribution in [1.82, 2.24) is 19.9 Å². The highest BCUT2D eigenvalue weighted by Crippen LogP contribution is 2.29. The van der Waals surface area contributed by atoms with Crippen molar-refractivity contribution in [2.24, 2.45) is 0 Å². The average Bonchev–Trinajstić information content (AvgIpc) is 3.48. The minimum Gasteiger partial charge on any atom is -0.460 e. The number of aromatic nitrogens is 3. The van der Waals surface area contributed by atoms with Gasteiger partial charge in [0.25, 0.3) is 5.91 Å². The summed E-state index contributed by atoms with van der Waals surface area (Å²) >= 11 is 6.76. The molecule has 1 aliphatic heterocycles. The number of halogens is 1. The topological polar surface area (TPSA) is 131 Å². The van der Waals surface area contributed by atoms with Crippen LogP contribution in [-0.2, 0) is 29.4 Å².